The molecule has 0 spiro atoms. The minimum Gasteiger partial charge on any atom is -0.350 e. The standard InChI is InChI=1S/C24H27F2N5O3S/c1-35(33,34)31-11-7-17(8-12-31)16-2-4-19(5-3-16)28-22-21-18(6-10-27-23(21)32)14-20(29-22)30-13-9-24(25,26)15-30/h2-6,10,14,17H,7-9,11-13,15H2,1H3,(H,27,32)(H,28,29). The van der Waals surface area contributed by atoms with Gasteiger partial charge >= 0.3 is 0 Å². The Labute approximate surface area is 202 Å². The third-order valence-electron chi connectivity index (χ3n) is 6.80. The van der Waals surface area contributed by atoms with Gasteiger partial charge in [0.15, 0.2) is 0 Å². The number of hydrogen-bond donors (Lipinski definition) is 2. The van der Waals surface area contributed by atoms with Crippen LogP contribution in [-0.2, 0) is 10.0 Å². The summed E-state index contributed by atoms with van der Waals surface area (Å²) < 4.78 is 52.6. The molecule has 0 radical (unpaired) electrons. The number of hydrogen-bond acceptors (Lipinski definition) is 6. The van der Waals surface area contributed by atoms with Crippen molar-refractivity contribution in [2.45, 2.75) is 31.1 Å². The van der Waals surface area contributed by atoms with Gasteiger partial charge in [-0.25, -0.2) is 26.5 Å². The number of aromatic amines is 1. The maximum Gasteiger partial charge on any atom is 0.266 e. The lowest BCUT2D eigenvalue weighted by molar-refractivity contribution is 0.0256. The van der Waals surface area contributed by atoms with Crippen LogP contribution in [0, 0.1) is 0 Å². The molecule has 0 aliphatic carbocycles. The van der Waals surface area contributed by atoms with Crippen LogP contribution in [0.15, 0.2) is 47.4 Å². The Bertz CT molecular complexity index is 1400. The van der Waals surface area contributed by atoms with Crippen LogP contribution in [0.3, 0.4) is 0 Å². The monoisotopic (exact) mass is 503 g/mol. The third-order valence-corrected chi connectivity index (χ3v) is 8.11. The molecule has 2 aliphatic heterocycles. The van der Waals surface area contributed by atoms with Crippen LogP contribution in [0.25, 0.3) is 10.8 Å². The Balaban J connectivity index is 1.39. The quantitative estimate of drug-likeness (QED) is 0.552. The average molecular weight is 504 g/mol. The Kier molecular flexibility index (Phi) is 6.00. The molecule has 35 heavy (non-hydrogen) atoms. The Morgan fingerprint density at radius 2 is 1.83 bits per heavy atom. The average Bonchev–Trinajstić information content (AvgIpc) is 3.19. The number of anilines is 3. The molecule has 0 saturated carbocycles. The van der Waals surface area contributed by atoms with Crippen LogP contribution < -0.4 is 15.8 Å². The van der Waals surface area contributed by atoms with E-state index in [2.05, 4.69) is 15.3 Å². The molecule has 2 N–H and O–H groups in total. The van der Waals surface area contributed by atoms with Gasteiger partial charge < -0.3 is 15.2 Å². The highest BCUT2D eigenvalue weighted by molar-refractivity contribution is 7.88. The SMILES string of the molecule is CS(=O)(=O)N1CCC(c2ccc(Nc3nc(N4CCC(F)(F)C4)cc4cc[nH]c(=O)c34)cc2)CC1. The van der Waals surface area contributed by atoms with Crippen LogP contribution >= 0.6 is 0 Å². The van der Waals surface area contributed by atoms with Gasteiger partial charge in [0.1, 0.15) is 11.6 Å². The van der Waals surface area contributed by atoms with Gasteiger partial charge in [-0.15, -0.1) is 0 Å². The van der Waals surface area contributed by atoms with E-state index in [-0.39, 0.29) is 24.4 Å². The van der Waals surface area contributed by atoms with E-state index in [4.69, 9.17) is 0 Å². The molecule has 0 unspecified atom stereocenters. The fourth-order valence-electron chi connectivity index (χ4n) is 4.88. The van der Waals surface area contributed by atoms with Gasteiger partial charge in [0.25, 0.3) is 11.5 Å². The van der Waals surface area contributed by atoms with Gasteiger partial charge in [0.05, 0.1) is 18.2 Å². The second kappa shape index (κ2) is 8.87. The number of halogens is 2. The van der Waals surface area contributed by atoms with Gasteiger partial charge in [0, 0.05) is 37.9 Å². The predicted octanol–water partition coefficient (Wildman–Crippen LogP) is 3.65. The molecule has 0 atom stereocenters. The first-order chi connectivity index (χ1) is 16.6. The van der Waals surface area contributed by atoms with Gasteiger partial charge in [-0.05, 0) is 54.0 Å². The number of rotatable bonds is 5. The van der Waals surface area contributed by atoms with E-state index < -0.39 is 22.5 Å². The van der Waals surface area contributed by atoms with Crippen molar-refractivity contribution >= 4 is 38.1 Å². The van der Waals surface area contributed by atoms with Crippen LogP contribution in [0.2, 0.25) is 0 Å². The lowest BCUT2D eigenvalue weighted by atomic mass is 9.90. The summed E-state index contributed by atoms with van der Waals surface area (Å²) in [6.45, 7) is 0.803. The minimum absolute atomic E-state index is 0.195. The molecule has 2 fully saturated rings. The zero-order valence-electron chi connectivity index (χ0n) is 19.3. The lowest BCUT2D eigenvalue weighted by Crippen LogP contribution is -2.37. The summed E-state index contributed by atoms with van der Waals surface area (Å²) in [6.07, 6.45) is 4.05. The fourth-order valence-corrected chi connectivity index (χ4v) is 5.75. The largest absolute Gasteiger partial charge is 0.350 e. The van der Waals surface area contributed by atoms with E-state index in [0.29, 0.717) is 41.2 Å². The van der Waals surface area contributed by atoms with Crippen molar-refractivity contribution in [3.05, 3.63) is 58.5 Å². The van der Waals surface area contributed by atoms with Crippen molar-refractivity contribution in [1.29, 1.82) is 0 Å². The van der Waals surface area contributed by atoms with Crippen LogP contribution in [0.5, 0.6) is 0 Å². The highest BCUT2D eigenvalue weighted by atomic mass is 32.2. The summed E-state index contributed by atoms with van der Waals surface area (Å²) >= 11 is 0. The molecule has 2 aliphatic rings. The molecule has 186 valence electrons. The second-order valence-corrected chi connectivity index (χ2v) is 11.3. The number of piperidine rings is 1. The van der Waals surface area contributed by atoms with Gasteiger partial charge in [-0.1, -0.05) is 12.1 Å². The van der Waals surface area contributed by atoms with Gasteiger partial charge in [0.2, 0.25) is 10.0 Å². The zero-order chi connectivity index (χ0) is 24.8. The van der Waals surface area contributed by atoms with Gasteiger partial charge in [-0.3, -0.25) is 4.79 Å². The van der Waals surface area contributed by atoms with Crippen molar-refractivity contribution in [1.82, 2.24) is 14.3 Å². The summed E-state index contributed by atoms with van der Waals surface area (Å²) in [5, 5.41) is 4.17. The first kappa shape index (κ1) is 23.7. The summed E-state index contributed by atoms with van der Waals surface area (Å²) in [7, 11) is -3.17. The van der Waals surface area contributed by atoms with E-state index in [9.17, 15) is 22.0 Å². The molecule has 0 bridgehead atoms. The topological polar surface area (TPSA) is 98.4 Å². The Morgan fingerprint density at radius 3 is 2.46 bits per heavy atom. The van der Waals surface area contributed by atoms with E-state index in [0.717, 1.165) is 18.4 Å². The summed E-state index contributed by atoms with van der Waals surface area (Å²) in [4.78, 5) is 21.3. The van der Waals surface area contributed by atoms with Crippen molar-refractivity contribution in [3.63, 3.8) is 0 Å². The van der Waals surface area contributed by atoms with Crippen molar-refractivity contribution in [2.24, 2.45) is 0 Å². The van der Waals surface area contributed by atoms with E-state index in [1.54, 1.807) is 12.1 Å². The van der Waals surface area contributed by atoms with Gasteiger partial charge in [-0.2, -0.15) is 0 Å². The molecule has 11 heteroatoms. The summed E-state index contributed by atoms with van der Waals surface area (Å²) in [5.74, 6) is -1.78. The molecular weight excluding hydrogens is 476 g/mol. The highest BCUT2D eigenvalue weighted by Gasteiger charge is 2.39. The van der Waals surface area contributed by atoms with Crippen LogP contribution in [-0.4, -0.2) is 61.0 Å². The number of nitrogens with one attached hydrogen (secondary N) is 2. The fraction of sp³-hybridized carbons (Fsp3) is 0.417. The molecule has 4 heterocycles. The van der Waals surface area contributed by atoms with Crippen molar-refractivity contribution in [2.75, 3.05) is 42.7 Å². The first-order valence-electron chi connectivity index (χ1n) is 11.6. The van der Waals surface area contributed by atoms with E-state index in [1.165, 1.54) is 21.7 Å². The van der Waals surface area contributed by atoms with Crippen LogP contribution in [0.4, 0.5) is 26.1 Å². The maximum atomic E-state index is 13.8. The molecule has 2 aromatic heterocycles. The molecule has 5 rings (SSSR count). The van der Waals surface area contributed by atoms with E-state index in [1.807, 2.05) is 24.3 Å². The molecule has 1 aromatic carbocycles. The molecule has 8 nitrogen and oxygen atoms in total. The Morgan fingerprint density at radius 1 is 1.11 bits per heavy atom. The number of fused-ring (bicyclic) bond motifs is 1. The van der Waals surface area contributed by atoms with Crippen molar-refractivity contribution < 1.29 is 17.2 Å². The second-order valence-electron chi connectivity index (χ2n) is 9.31. The molecule has 3 aromatic rings. The number of H-pyrrole nitrogens is 1. The number of sulfonamides is 1. The predicted molar refractivity (Wildman–Crippen MR) is 132 cm³/mol. The lowest BCUT2D eigenvalue weighted by Gasteiger charge is -2.30. The summed E-state index contributed by atoms with van der Waals surface area (Å²) in [6, 6.07) is 11.1. The third kappa shape index (κ3) is 5.01. The number of alkyl halides is 2. The van der Waals surface area contributed by atoms with Crippen LogP contribution in [0.1, 0.15) is 30.7 Å². The Hall–Kier alpha value is -3.05. The normalized spacial score (nSPS) is 19.3. The smallest absolute Gasteiger partial charge is 0.266 e. The number of benzene rings is 1. The first-order valence-corrected chi connectivity index (χ1v) is 13.4. The van der Waals surface area contributed by atoms with E-state index >= 15 is 0 Å². The van der Waals surface area contributed by atoms with Crippen molar-refractivity contribution in [3.8, 4) is 0 Å². The molecule has 0 amide bonds. The number of pyridine rings is 2. The molecule has 2 saturated heterocycles. The maximum absolute atomic E-state index is 13.8. The minimum atomic E-state index is -3.17. The highest BCUT2D eigenvalue weighted by Crippen LogP contribution is 2.34. The molecular formula is C24H27F2N5O3S. The number of aromatic nitrogens is 2. The summed E-state index contributed by atoms with van der Waals surface area (Å²) in [5.41, 5.74) is 1.51. The number of nitrogens with zero attached hydrogens (tertiary/aromatic N) is 3. The zero-order valence-corrected chi connectivity index (χ0v) is 20.1.